The number of likely N-dealkylation sites (tertiary alicyclic amines) is 1. The smallest absolute Gasteiger partial charge is 0.254 e. The molecule has 4 heterocycles. The molecule has 1 spiro atoms. The standard InChI is InChI=1S/C19H19FN4O3/c20-16-8-13(3-6-22-16)17(25)24-7-4-19(12-24)14(9-23-18(19)26)11-27-15-2-1-5-21-10-15/h1-3,5-6,8,10,14H,4,7,9,11-12H2,(H,23,26)/t14-,19+/m0/s1. The number of halogens is 1. The Bertz CT molecular complexity index is 863. The van der Waals surface area contributed by atoms with Gasteiger partial charge in [-0.1, -0.05) is 0 Å². The number of carbonyl (C=O) groups excluding carboxylic acids is 2. The Morgan fingerprint density at radius 3 is 3.07 bits per heavy atom. The van der Waals surface area contributed by atoms with Crippen LogP contribution in [0.3, 0.4) is 0 Å². The highest BCUT2D eigenvalue weighted by Crippen LogP contribution is 2.42. The minimum absolute atomic E-state index is 0.0569. The van der Waals surface area contributed by atoms with Gasteiger partial charge >= 0.3 is 0 Å². The molecule has 0 radical (unpaired) electrons. The van der Waals surface area contributed by atoms with Gasteiger partial charge in [-0.05, 0) is 24.6 Å². The van der Waals surface area contributed by atoms with Gasteiger partial charge in [0.1, 0.15) is 5.75 Å². The van der Waals surface area contributed by atoms with E-state index in [1.807, 2.05) is 6.07 Å². The molecule has 8 heteroatoms. The summed E-state index contributed by atoms with van der Waals surface area (Å²) in [5.41, 5.74) is -0.440. The number of hydrogen-bond acceptors (Lipinski definition) is 5. The van der Waals surface area contributed by atoms with E-state index in [2.05, 4.69) is 15.3 Å². The third kappa shape index (κ3) is 3.22. The summed E-state index contributed by atoms with van der Waals surface area (Å²) in [7, 11) is 0. The average Bonchev–Trinajstić information content (AvgIpc) is 3.26. The molecular formula is C19H19FN4O3. The van der Waals surface area contributed by atoms with Gasteiger partial charge in [-0.2, -0.15) is 4.39 Å². The van der Waals surface area contributed by atoms with Crippen LogP contribution in [-0.2, 0) is 4.79 Å². The van der Waals surface area contributed by atoms with Crippen molar-refractivity contribution in [3.8, 4) is 5.75 Å². The molecule has 2 atom stereocenters. The van der Waals surface area contributed by atoms with Gasteiger partial charge in [-0.15, -0.1) is 0 Å². The van der Waals surface area contributed by atoms with E-state index in [0.717, 1.165) is 6.07 Å². The maximum atomic E-state index is 13.3. The molecule has 4 rings (SSSR count). The van der Waals surface area contributed by atoms with Gasteiger partial charge in [0.25, 0.3) is 5.91 Å². The molecule has 0 aromatic carbocycles. The first kappa shape index (κ1) is 17.4. The number of rotatable bonds is 4. The molecule has 2 saturated heterocycles. The number of pyridine rings is 2. The molecule has 27 heavy (non-hydrogen) atoms. The quantitative estimate of drug-likeness (QED) is 0.820. The number of aromatic nitrogens is 2. The van der Waals surface area contributed by atoms with Crippen LogP contribution in [0.2, 0.25) is 0 Å². The second-order valence-corrected chi connectivity index (χ2v) is 6.91. The van der Waals surface area contributed by atoms with E-state index < -0.39 is 11.4 Å². The normalized spacial score (nSPS) is 24.3. The maximum absolute atomic E-state index is 13.3. The van der Waals surface area contributed by atoms with E-state index >= 15 is 0 Å². The Hall–Kier alpha value is -3.03. The van der Waals surface area contributed by atoms with Gasteiger partial charge in [0.15, 0.2) is 0 Å². The highest BCUT2D eigenvalue weighted by Gasteiger charge is 2.55. The molecule has 7 nitrogen and oxygen atoms in total. The molecule has 2 aliphatic rings. The van der Waals surface area contributed by atoms with Crippen molar-refractivity contribution in [2.24, 2.45) is 11.3 Å². The average molecular weight is 370 g/mol. The predicted molar refractivity (Wildman–Crippen MR) is 93.4 cm³/mol. The molecule has 2 aromatic heterocycles. The summed E-state index contributed by atoms with van der Waals surface area (Å²) in [4.78, 5) is 34.4. The van der Waals surface area contributed by atoms with Crippen LogP contribution >= 0.6 is 0 Å². The Balaban J connectivity index is 1.48. The summed E-state index contributed by atoms with van der Waals surface area (Å²) in [5.74, 6) is -0.461. The van der Waals surface area contributed by atoms with Crippen LogP contribution < -0.4 is 10.1 Å². The zero-order valence-corrected chi connectivity index (χ0v) is 14.6. The first-order chi connectivity index (χ1) is 13.1. The van der Waals surface area contributed by atoms with Gasteiger partial charge in [-0.3, -0.25) is 14.6 Å². The molecular weight excluding hydrogens is 351 g/mol. The van der Waals surface area contributed by atoms with Gasteiger partial charge in [0, 0.05) is 49.6 Å². The van der Waals surface area contributed by atoms with Crippen LogP contribution in [0, 0.1) is 17.3 Å². The fourth-order valence-corrected chi connectivity index (χ4v) is 3.86. The number of carbonyl (C=O) groups is 2. The molecule has 0 aliphatic carbocycles. The Kier molecular flexibility index (Phi) is 4.47. The summed E-state index contributed by atoms with van der Waals surface area (Å²) < 4.78 is 19.1. The van der Waals surface area contributed by atoms with E-state index in [-0.39, 0.29) is 23.3 Å². The Morgan fingerprint density at radius 2 is 2.30 bits per heavy atom. The van der Waals surface area contributed by atoms with Crippen LogP contribution in [0.1, 0.15) is 16.8 Å². The van der Waals surface area contributed by atoms with Crippen molar-refractivity contribution in [3.05, 3.63) is 54.4 Å². The van der Waals surface area contributed by atoms with Crippen LogP contribution in [0.15, 0.2) is 42.9 Å². The van der Waals surface area contributed by atoms with E-state index in [9.17, 15) is 14.0 Å². The fourth-order valence-electron chi connectivity index (χ4n) is 3.86. The summed E-state index contributed by atoms with van der Waals surface area (Å²) in [6, 6.07) is 6.19. The lowest BCUT2D eigenvalue weighted by Crippen LogP contribution is -2.41. The third-order valence-electron chi connectivity index (χ3n) is 5.39. The number of amides is 2. The second kappa shape index (κ2) is 6.94. The minimum Gasteiger partial charge on any atom is -0.492 e. The lowest BCUT2D eigenvalue weighted by atomic mass is 9.77. The number of nitrogens with zero attached hydrogens (tertiary/aromatic N) is 3. The molecule has 2 aromatic rings. The molecule has 0 saturated carbocycles. The lowest BCUT2D eigenvalue weighted by Gasteiger charge is -2.28. The van der Waals surface area contributed by atoms with Crippen molar-refractivity contribution in [1.82, 2.24) is 20.2 Å². The molecule has 2 aliphatic heterocycles. The van der Waals surface area contributed by atoms with Crippen LogP contribution in [0.5, 0.6) is 5.75 Å². The first-order valence-electron chi connectivity index (χ1n) is 8.80. The Morgan fingerprint density at radius 1 is 1.41 bits per heavy atom. The van der Waals surface area contributed by atoms with Crippen molar-refractivity contribution in [1.29, 1.82) is 0 Å². The predicted octanol–water partition coefficient (Wildman–Crippen LogP) is 1.27. The monoisotopic (exact) mass is 370 g/mol. The van der Waals surface area contributed by atoms with E-state index in [4.69, 9.17) is 4.74 Å². The van der Waals surface area contributed by atoms with Gasteiger partial charge in [0.2, 0.25) is 11.9 Å². The summed E-state index contributed by atoms with van der Waals surface area (Å²) in [5, 5.41) is 2.90. The van der Waals surface area contributed by atoms with Crippen LogP contribution in [-0.4, -0.2) is 52.9 Å². The fraction of sp³-hybridized carbons (Fsp3) is 0.368. The lowest BCUT2D eigenvalue weighted by molar-refractivity contribution is -0.128. The van der Waals surface area contributed by atoms with Gasteiger partial charge in [-0.25, -0.2) is 4.98 Å². The maximum Gasteiger partial charge on any atom is 0.254 e. The summed E-state index contributed by atoms with van der Waals surface area (Å²) >= 11 is 0. The van der Waals surface area contributed by atoms with Crippen molar-refractivity contribution < 1.29 is 18.7 Å². The summed E-state index contributed by atoms with van der Waals surface area (Å²) in [6.45, 7) is 1.60. The van der Waals surface area contributed by atoms with Gasteiger partial charge in [0.05, 0.1) is 18.2 Å². The third-order valence-corrected chi connectivity index (χ3v) is 5.39. The largest absolute Gasteiger partial charge is 0.492 e. The molecule has 2 fully saturated rings. The minimum atomic E-state index is -0.698. The zero-order valence-electron chi connectivity index (χ0n) is 14.6. The van der Waals surface area contributed by atoms with Crippen LogP contribution in [0.25, 0.3) is 0 Å². The topological polar surface area (TPSA) is 84.4 Å². The number of nitrogens with one attached hydrogen (secondary N) is 1. The van der Waals surface area contributed by atoms with Crippen molar-refractivity contribution in [2.75, 3.05) is 26.2 Å². The van der Waals surface area contributed by atoms with E-state index in [1.54, 1.807) is 23.4 Å². The van der Waals surface area contributed by atoms with E-state index in [1.165, 1.54) is 12.3 Å². The second-order valence-electron chi connectivity index (χ2n) is 6.91. The van der Waals surface area contributed by atoms with Crippen molar-refractivity contribution in [2.45, 2.75) is 6.42 Å². The molecule has 1 N–H and O–H groups in total. The van der Waals surface area contributed by atoms with Crippen molar-refractivity contribution >= 4 is 11.8 Å². The number of hydrogen-bond donors (Lipinski definition) is 1. The van der Waals surface area contributed by atoms with Crippen molar-refractivity contribution in [3.63, 3.8) is 0 Å². The number of ether oxygens (including phenoxy) is 1. The highest BCUT2D eigenvalue weighted by molar-refractivity contribution is 5.95. The molecule has 0 bridgehead atoms. The highest BCUT2D eigenvalue weighted by atomic mass is 19.1. The van der Waals surface area contributed by atoms with Crippen LogP contribution in [0.4, 0.5) is 4.39 Å². The SMILES string of the molecule is O=C(c1ccnc(F)c1)N1CC[C@]2(C1)C(=O)NC[C@H]2COc1cccnc1. The van der Waals surface area contributed by atoms with Gasteiger partial charge < -0.3 is 15.0 Å². The molecule has 2 amide bonds. The molecule has 0 unspecified atom stereocenters. The summed E-state index contributed by atoms with van der Waals surface area (Å²) in [6.07, 6.45) is 5.11. The molecule has 140 valence electrons. The zero-order chi connectivity index (χ0) is 18.9. The Labute approximate surface area is 155 Å². The van der Waals surface area contributed by atoms with E-state index in [0.29, 0.717) is 38.4 Å². The first-order valence-corrected chi connectivity index (χ1v) is 8.80.